The predicted octanol–water partition coefficient (Wildman–Crippen LogP) is -0.842. The third kappa shape index (κ3) is 3.06. The summed E-state index contributed by atoms with van der Waals surface area (Å²) in [6.07, 6.45) is -4.61. The smallest absolute Gasteiger partial charge is 0.234 e. The second kappa shape index (κ2) is 6.25. The van der Waals surface area contributed by atoms with Gasteiger partial charge in [0.15, 0.2) is 0 Å². The first kappa shape index (κ1) is 15.9. The first-order valence-corrected chi connectivity index (χ1v) is 7.25. The van der Waals surface area contributed by atoms with Gasteiger partial charge in [0, 0.05) is 12.8 Å². The van der Waals surface area contributed by atoms with Crippen LogP contribution in [0.15, 0.2) is 24.3 Å². The van der Waals surface area contributed by atoms with Gasteiger partial charge in [-0.25, -0.2) is 0 Å². The third-order valence-electron chi connectivity index (χ3n) is 3.85. The van der Waals surface area contributed by atoms with E-state index in [0.717, 1.165) is 4.90 Å². The highest BCUT2D eigenvalue weighted by Crippen LogP contribution is 2.26. The molecule has 2 aliphatic heterocycles. The molecular formula is C15H17NO7. The first-order valence-electron chi connectivity index (χ1n) is 7.25. The lowest BCUT2D eigenvalue weighted by Crippen LogP contribution is -2.54. The van der Waals surface area contributed by atoms with Crippen molar-refractivity contribution in [3.05, 3.63) is 24.3 Å². The van der Waals surface area contributed by atoms with E-state index in [1.165, 1.54) is 12.1 Å². The monoisotopic (exact) mass is 323 g/mol. The molecule has 0 spiro atoms. The van der Waals surface area contributed by atoms with Gasteiger partial charge in [-0.15, -0.1) is 0 Å². The van der Waals surface area contributed by atoms with Gasteiger partial charge >= 0.3 is 0 Å². The summed E-state index contributed by atoms with van der Waals surface area (Å²) in [6, 6.07) is 6.16. The maximum absolute atomic E-state index is 11.7. The Labute approximate surface area is 131 Å². The standard InChI is InChI=1S/C15H17NO7/c17-10-7-22-15(14(21)13(10)20)23-9-3-1-8(2-4-9)16-11(18)5-6-12(16)19/h1-4,10,13-15,17,20-21H,5-7H2/t10-,13-,14+,15-/m0/s1. The minimum atomic E-state index is -1.39. The van der Waals surface area contributed by atoms with Crippen molar-refractivity contribution in [1.29, 1.82) is 0 Å². The lowest BCUT2D eigenvalue weighted by atomic mass is 10.1. The van der Waals surface area contributed by atoms with Crippen LogP contribution in [0.3, 0.4) is 0 Å². The van der Waals surface area contributed by atoms with Crippen molar-refractivity contribution in [2.75, 3.05) is 11.5 Å². The highest BCUT2D eigenvalue weighted by atomic mass is 16.7. The number of amides is 2. The van der Waals surface area contributed by atoms with Crippen LogP contribution in [-0.2, 0) is 14.3 Å². The Bertz CT molecular complexity index is 586. The Balaban J connectivity index is 1.68. The van der Waals surface area contributed by atoms with Crippen molar-refractivity contribution in [2.24, 2.45) is 0 Å². The zero-order valence-electron chi connectivity index (χ0n) is 12.2. The number of aliphatic hydroxyl groups excluding tert-OH is 3. The molecule has 124 valence electrons. The van der Waals surface area contributed by atoms with Crippen molar-refractivity contribution in [1.82, 2.24) is 0 Å². The van der Waals surface area contributed by atoms with Crippen LogP contribution in [0.25, 0.3) is 0 Å². The number of nitrogens with zero attached hydrogens (tertiary/aromatic N) is 1. The molecule has 3 N–H and O–H groups in total. The predicted molar refractivity (Wildman–Crippen MR) is 76.6 cm³/mol. The molecule has 8 nitrogen and oxygen atoms in total. The van der Waals surface area contributed by atoms with E-state index in [0.29, 0.717) is 11.4 Å². The summed E-state index contributed by atoms with van der Waals surface area (Å²) in [5, 5.41) is 28.8. The van der Waals surface area contributed by atoms with Crippen LogP contribution in [0, 0.1) is 0 Å². The molecule has 0 bridgehead atoms. The van der Waals surface area contributed by atoms with Crippen LogP contribution >= 0.6 is 0 Å². The van der Waals surface area contributed by atoms with E-state index in [9.17, 15) is 24.9 Å². The molecule has 0 unspecified atom stereocenters. The average molecular weight is 323 g/mol. The number of rotatable bonds is 3. The number of carbonyl (C=O) groups is 2. The molecule has 4 atom stereocenters. The largest absolute Gasteiger partial charge is 0.462 e. The molecule has 2 aliphatic rings. The second-order valence-electron chi connectivity index (χ2n) is 5.48. The molecule has 0 saturated carbocycles. The van der Waals surface area contributed by atoms with Crippen molar-refractivity contribution >= 4 is 17.5 Å². The molecule has 1 aromatic rings. The van der Waals surface area contributed by atoms with Gasteiger partial charge < -0.3 is 24.8 Å². The Morgan fingerprint density at radius 3 is 2.22 bits per heavy atom. The van der Waals surface area contributed by atoms with Crippen LogP contribution < -0.4 is 9.64 Å². The Morgan fingerprint density at radius 2 is 1.61 bits per heavy atom. The van der Waals surface area contributed by atoms with E-state index < -0.39 is 24.6 Å². The van der Waals surface area contributed by atoms with Crippen molar-refractivity contribution in [2.45, 2.75) is 37.4 Å². The van der Waals surface area contributed by atoms with Gasteiger partial charge in [0.2, 0.25) is 18.1 Å². The van der Waals surface area contributed by atoms with E-state index >= 15 is 0 Å². The normalized spacial score (nSPS) is 31.5. The van der Waals surface area contributed by atoms with Crippen LogP contribution in [0.5, 0.6) is 5.75 Å². The second-order valence-corrected chi connectivity index (χ2v) is 5.48. The van der Waals surface area contributed by atoms with Crippen LogP contribution in [0.2, 0.25) is 0 Å². The highest BCUT2D eigenvalue weighted by molar-refractivity contribution is 6.19. The van der Waals surface area contributed by atoms with E-state index in [4.69, 9.17) is 9.47 Å². The van der Waals surface area contributed by atoms with Gasteiger partial charge in [0.25, 0.3) is 0 Å². The lowest BCUT2D eigenvalue weighted by Gasteiger charge is -2.34. The molecule has 1 aromatic carbocycles. The van der Waals surface area contributed by atoms with Crippen molar-refractivity contribution < 1.29 is 34.4 Å². The average Bonchev–Trinajstić information content (AvgIpc) is 2.88. The quantitative estimate of drug-likeness (QED) is 0.621. The number of anilines is 1. The first-order chi connectivity index (χ1) is 11.0. The zero-order chi connectivity index (χ0) is 16.6. The van der Waals surface area contributed by atoms with Gasteiger partial charge in [-0.2, -0.15) is 0 Å². The zero-order valence-corrected chi connectivity index (χ0v) is 12.2. The van der Waals surface area contributed by atoms with Crippen molar-refractivity contribution in [3.63, 3.8) is 0 Å². The minimum Gasteiger partial charge on any atom is -0.462 e. The molecule has 23 heavy (non-hydrogen) atoms. The van der Waals surface area contributed by atoms with E-state index in [2.05, 4.69) is 0 Å². The summed E-state index contributed by atoms with van der Waals surface area (Å²) < 4.78 is 10.6. The van der Waals surface area contributed by atoms with Gasteiger partial charge in [-0.1, -0.05) is 0 Å². The molecule has 2 heterocycles. The van der Waals surface area contributed by atoms with Gasteiger partial charge in [0.1, 0.15) is 24.1 Å². The minimum absolute atomic E-state index is 0.155. The molecule has 2 saturated heterocycles. The van der Waals surface area contributed by atoms with E-state index in [1.54, 1.807) is 12.1 Å². The molecule has 0 aromatic heterocycles. The topological polar surface area (TPSA) is 117 Å². The number of hydrogen-bond acceptors (Lipinski definition) is 7. The molecular weight excluding hydrogens is 306 g/mol. The van der Waals surface area contributed by atoms with Crippen LogP contribution in [0.1, 0.15) is 12.8 Å². The van der Waals surface area contributed by atoms with Crippen LogP contribution in [-0.4, -0.2) is 58.3 Å². The molecule has 0 radical (unpaired) electrons. The number of hydrogen-bond donors (Lipinski definition) is 3. The number of aliphatic hydroxyl groups is 3. The SMILES string of the molecule is O=C1CCC(=O)N1c1ccc(O[C@@H]2OC[C@H](O)[C@H](O)[C@H]2O)cc1. The molecule has 3 rings (SSSR count). The van der Waals surface area contributed by atoms with Gasteiger partial charge in [-0.3, -0.25) is 14.5 Å². The number of imide groups is 1. The number of carbonyl (C=O) groups excluding carboxylic acids is 2. The molecule has 0 aliphatic carbocycles. The van der Waals surface area contributed by atoms with Crippen molar-refractivity contribution in [3.8, 4) is 5.75 Å². The Hall–Kier alpha value is -2.00. The summed E-state index contributed by atoms with van der Waals surface area (Å²) >= 11 is 0. The van der Waals surface area contributed by atoms with E-state index in [1.807, 2.05) is 0 Å². The summed E-state index contributed by atoms with van der Waals surface area (Å²) in [6.45, 7) is -0.155. The molecule has 2 amide bonds. The lowest BCUT2D eigenvalue weighted by molar-refractivity contribution is -0.242. The fraction of sp³-hybridized carbons (Fsp3) is 0.467. The Kier molecular flexibility index (Phi) is 4.31. The summed E-state index contributed by atoms with van der Waals surface area (Å²) in [5.41, 5.74) is 0.449. The van der Waals surface area contributed by atoms with E-state index in [-0.39, 0.29) is 31.3 Å². The number of benzene rings is 1. The summed E-state index contributed by atoms with van der Waals surface area (Å²) in [5.74, 6) is -0.154. The summed E-state index contributed by atoms with van der Waals surface area (Å²) in [4.78, 5) is 24.5. The number of ether oxygens (including phenoxy) is 2. The molecule has 2 fully saturated rings. The maximum atomic E-state index is 11.7. The van der Waals surface area contributed by atoms with Gasteiger partial charge in [0.05, 0.1) is 12.3 Å². The molecule has 8 heteroatoms. The fourth-order valence-corrected chi connectivity index (χ4v) is 2.56. The maximum Gasteiger partial charge on any atom is 0.234 e. The summed E-state index contributed by atoms with van der Waals surface area (Å²) in [7, 11) is 0. The fourth-order valence-electron chi connectivity index (χ4n) is 2.56. The van der Waals surface area contributed by atoms with Gasteiger partial charge in [-0.05, 0) is 24.3 Å². The Morgan fingerprint density at radius 1 is 1.00 bits per heavy atom. The highest BCUT2D eigenvalue weighted by Gasteiger charge is 2.39. The third-order valence-corrected chi connectivity index (χ3v) is 3.85. The van der Waals surface area contributed by atoms with Crippen LogP contribution in [0.4, 0.5) is 5.69 Å².